The Hall–Kier alpha value is -3.41. The van der Waals surface area contributed by atoms with Crippen LogP contribution in [0.15, 0.2) is 85.1 Å². The number of esters is 3. The van der Waals surface area contributed by atoms with Crippen molar-refractivity contribution >= 4 is 17.9 Å². The van der Waals surface area contributed by atoms with Crippen LogP contribution in [-0.4, -0.2) is 37.2 Å². The van der Waals surface area contributed by atoms with Gasteiger partial charge in [0.2, 0.25) is 0 Å². The van der Waals surface area contributed by atoms with Gasteiger partial charge in [-0.05, 0) is 70.6 Å². The molecule has 0 rings (SSSR count). The number of unbranched alkanes of at least 4 members (excludes halogenated alkanes) is 22. The van der Waals surface area contributed by atoms with Gasteiger partial charge in [0.15, 0.2) is 6.10 Å². The number of rotatable bonds is 43. The molecule has 0 radical (unpaired) electrons. The molecule has 1 unspecified atom stereocenters. The quantitative estimate of drug-likeness (QED) is 0.0200. The summed E-state index contributed by atoms with van der Waals surface area (Å²) in [4.78, 5) is 37.8. The molecule has 0 aliphatic rings. The third kappa shape index (κ3) is 45.7. The van der Waals surface area contributed by atoms with Crippen molar-refractivity contribution in [2.45, 2.75) is 226 Å². The highest BCUT2D eigenvalue weighted by Crippen LogP contribution is 2.14. The van der Waals surface area contributed by atoms with Gasteiger partial charge in [-0.25, -0.2) is 0 Å². The zero-order valence-electron chi connectivity index (χ0n) is 38.9. The van der Waals surface area contributed by atoms with Gasteiger partial charge in [0, 0.05) is 19.3 Å². The van der Waals surface area contributed by atoms with Gasteiger partial charge in [-0.2, -0.15) is 0 Å². The molecule has 0 amide bonds. The summed E-state index contributed by atoms with van der Waals surface area (Å²) in [5.41, 5.74) is 0. The van der Waals surface area contributed by atoms with Crippen LogP contribution in [0.2, 0.25) is 0 Å². The summed E-state index contributed by atoms with van der Waals surface area (Å²) in [6.07, 6.45) is 61.3. The largest absolute Gasteiger partial charge is 0.462 e. The van der Waals surface area contributed by atoms with Crippen LogP contribution in [0, 0.1) is 0 Å². The van der Waals surface area contributed by atoms with Gasteiger partial charge in [-0.3, -0.25) is 14.4 Å². The van der Waals surface area contributed by atoms with Gasteiger partial charge in [0.1, 0.15) is 13.2 Å². The Morgan fingerprint density at radius 1 is 0.367 bits per heavy atom. The minimum absolute atomic E-state index is 0.0960. The summed E-state index contributed by atoms with van der Waals surface area (Å²) < 4.78 is 16.7. The molecular formula is C54H90O6. The normalized spacial score (nSPS) is 12.8. The lowest BCUT2D eigenvalue weighted by molar-refractivity contribution is -0.167. The monoisotopic (exact) mass is 835 g/mol. The first-order chi connectivity index (χ1) is 29.5. The molecule has 0 bridgehead atoms. The Kier molecular flexibility index (Phi) is 45.5. The summed E-state index contributed by atoms with van der Waals surface area (Å²) in [7, 11) is 0. The fourth-order valence-corrected chi connectivity index (χ4v) is 6.55. The Morgan fingerprint density at radius 2 is 0.717 bits per heavy atom. The molecule has 60 heavy (non-hydrogen) atoms. The molecule has 6 heteroatoms. The molecule has 0 saturated heterocycles. The van der Waals surface area contributed by atoms with Gasteiger partial charge >= 0.3 is 17.9 Å². The zero-order chi connectivity index (χ0) is 43.7. The average molecular weight is 835 g/mol. The minimum Gasteiger partial charge on any atom is -0.462 e. The van der Waals surface area contributed by atoms with Crippen molar-refractivity contribution in [1.82, 2.24) is 0 Å². The molecule has 342 valence electrons. The van der Waals surface area contributed by atoms with E-state index in [0.29, 0.717) is 19.3 Å². The van der Waals surface area contributed by atoms with Crippen LogP contribution >= 0.6 is 0 Å². The molecule has 6 nitrogen and oxygen atoms in total. The molecular weight excluding hydrogens is 745 g/mol. The van der Waals surface area contributed by atoms with Crippen molar-refractivity contribution in [2.24, 2.45) is 0 Å². The topological polar surface area (TPSA) is 78.9 Å². The van der Waals surface area contributed by atoms with Crippen LogP contribution < -0.4 is 0 Å². The van der Waals surface area contributed by atoms with E-state index in [-0.39, 0.29) is 37.5 Å². The number of hydrogen-bond donors (Lipinski definition) is 0. The van der Waals surface area contributed by atoms with Crippen molar-refractivity contribution in [3.63, 3.8) is 0 Å². The number of ether oxygens (including phenoxy) is 3. The van der Waals surface area contributed by atoms with E-state index in [9.17, 15) is 14.4 Å². The van der Waals surface area contributed by atoms with Crippen molar-refractivity contribution in [3.05, 3.63) is 85.1 Å². The van der Waals surface area contributed by atoms with E-state index in [1.807, 2.05) is 48.6 Å². The predicted octanol–water partition coefficient (Wildman–Crippen LogP) is 16.0. The standard InChI is InChI=1S/C54H90O6/c1-4-7-10-13-16-19-22-24-26-27-29-30-32-35-38-41-44-47-53(56)59-50-51(49-58-52(55)46-43-40-37-34-21-18-15-12-9-6-3)60-54(57)48-45-42-39-36-33-31-28-25-23-20-17-14-11-8-5-2/h8,11,14,16-17,19-20,23-26,28,31,33,51H,4-7,9-10,12-13,15,18,21-22,27,29-30,32,34-50H2,1-3H3/b11-8-,17-14-,19-16-,23-20-,26-24-,28-25-,33-31-. The first-order valence-electron chi connectivity index (χ1n) is 24.7. The molecule has 0 aliphatic carbocycles. The van der Waals surface area contributed by atoms with Crippen LogP contribution in [-0.2, 0) is 28.6 Å². The Labute approximate surface area is 369 Å². The summed E-state index contributed by atoms with van der Waals surface area (Å²) in [5.74, 6) is -0.950. The highest BCUT2D eigenvalue weighted by atomic mass is 16.6. The van der Waals surface area contributed by atoms with Crippen LogP contribution in [0.4, 0.5) is 0 Å². The maximum absolute atomic E-state index is 12.7. The fourth-order valence-electron chi connectivity index (χ4n) is 6.55. The molecule has 0 heterocycles. The van der Waals surface area contributed by atoms with Gasteiger partial charge in [-0.15, -0.1) is 0 Å². The summed E-state index contributed by atoms with van der Waals surface area (Å²) in [5, 5.41) is 0. The summed E-state index contributed by atoms with van der Waals surface area (Å²) in [6, 6.07) is 0. The lowest BCUT2D eigenvalue weighted by Gasteiger charge is -2.18. The summed E-state index contributed by atoms with van der Waals surface area (Å²) >= 11 is 0. The Morgan fingerprint density at radius 3 is 1.20 bits per heavy atom. The smallest absolute Gasteiger partial charge is 0.306 e. The lowest BCUT2D eigenvalue weighted by atomic mass is 10.1. The highest BCUT2D eigenvalue weighted by molar-refractivity contribution is 5.71. The van der Waals surface area contributed by atoms with E-state index in [4.69, 9.17) is 14.2 Å². The molecule has 0 saturated carbocycles. The molecule has 0 aromatic heterocycles. The van der Waals surface area contributed by atoms with E-state index >= 15 is 0 Å². The van der Waals surface area contributed by atoms with Crippen LogP contribution in [0.25, 0.3) is 0 Å². The lowest BCUT2D eigenvalue weighted by Crippen LogP contribution is -2.30. The van der Waals surface area contributed by atoms with E-state index in [2.05, 4.69) is 57.2 Å². The molecule has 0 spiro atoms. The van der Waals surface area contributed by atoms with Crippen LogP contribution in [0.5, 0.6) is 0 Å². The first kappa shape index (κ1) is 56.6. The van der Waals surface area contributed by atoms with Crippen molar-refractivity contribution in [3.8, 4) is 0 Å². The molecule has 0 aromatic carbocycles. The minimum atomic E-state index is -0.799. The van der Waals surface area contributed by atoms with Gasteiger partial charge < -0.3 is 14.2 Å². The average Bonchev–Trinajstić information content (AvgIpc) is 3.24. The van der Waals surface area contributed by atoms with E-state index < -0.39 is 6.10 Å². The third-order valence-electron chi connectivity index (χ3n) is 10.3. The van der Waals surface area contributed by atoms with E-state index in [1.54, 1.807) is 0 Å². The third-order valence-corrected chi connectivity index (χ3v) is 10.3. The van der Waals surface area contributed by atoms with Gasteiger partial charge in [0.05, 0.1) is 0 Å². The number of allylic oxidation sites excluding steroid dienone is 14. The predicted molar refractivity (Wildman–Crippen MR) is 256 cm³/mol. The molecule has 0 aliphatic heterocycles. The Balaban J connectivity index is 4.45. The molecule has 0 aromatic rings. The second kappa shape index (κ2) is 48.3. The van der Waals surface area contributed by atoms with Crippen molar-refractivity contribution in [2.75, 3.05) is 13.2 Å². The van der Waals surface area contributed by atoms with Gasteiger partial charge in [0.25, 0.3) is 0 Å². The second-order valence-corrected chi connectivity index (χ2v) is 16.1. The molecule has 1 atom stereocenters. The first-order valence-corrected chi connectivity index (χ1v) is 24.7. The maximum atomic E-state index is 12.7. The second-order valence-electron chi connectivity index (χ2n) is 16.1. The number of carbonyl (C=O) groups excluding carboxylic acids is 3. The van der Waals surface area contributed by atoms with Crippen LogP contribution in [0.1, 0.15) is 220 Å². The molecule has 0 N–H and O–H groups in total. The van der Waals surface area contributed by atoms with Crippen molar-refractivity contribution < 1.29 is 28.6 Å². The highest BCUT2D eigenvalue weighted by Gasteiger charge is 2.19. The van der Waals surface area contributed by atoms with Gasteiger partial charge in [-0.1, -0.05) is 215 Å². The number of hydrogen-bond acceptors (Lipinski definition) is 6. The zero-order valence-corrected chi connectivity index (χ0v) is 38.9. The van der Waals surface area contributed by atoms with Crippen molar-refractivity contribution in [1.29, 1.82) is 0 Å². The molecule has 0 fully saturated rings. The van der Waals surface area contributed by atoms with E-state index in [1.165, 1.54) is 96.3 Å². The Bertz CT molecular complexity index is 1190. The SMILES string of the molecule is CC\C=C/C=C\C=C/C=C\C=C/CCCCCC(=O)OC(COC(=O)CCCCCCCCC/C=C\C/C=C\CCCCC)COC(=O)CCCCCCCCCCCC. The van der Waals surface area contributed by atoms with Crippen LogP contribution in [0.3, 0.4) is 0 Å². The fraction of sp³-hybridized carbons (Fsp3) is 0.685. The maximum Gasteiger partial charge on any atom is 0.306 e. The number of carbonyl (C=O) groups is 3. The summed E-state index contributed by atoms with van der Waals surface area (Å²) in [6.45, 7) is 6.40. The van der Waals surface area contributed by atoms with E-state index in [0.717, 1.165) is 77.0 Å².